The van der Waals surface area contributed by atoms with Gasteiger partial charge in [-0.25, -0.2) is 0 Å². The molecule has 1 N–H and O–H groups in total. The first-order valence-electron chi connectivity index (χ1n) is 7.29. The number of piperidine rings is 1. The van der Waals surface area contributed by atoms with Gasteiger partial charge in [0, 0.05) is 32.6 Å². The van der Waals surface area contributed by atoms with Crippen molar-refractivity contribution in [1.82, 2.24) is 20.0 Å². The molecule has 0 aromatic carbocycles. The molecule has 0 bridgehead atoms. The third kappa shape index (κ3) is 2.93. The van der Waals surface area contributed by atoms with Crippen molar-refractivity contribution in [3.05, 3.63) is 18.5 Å². The van der Waals surface area contributed by atoms with Crippen molar-refractivity contribution < 1.29 is 9.53 Å². The molecule has 0 radical (unpaired) electrons. The number of amides is 1. The molecule has 1 atom stereocenters. The van der Waals surface area contributed by atoms with Crippen LogP contribution in [0, 0.1) is 0 Å². The lowest BCUT2D eigenvalue weighted by Crippen LogP contribution is -2.55. The van der Waals surface area contributed by atoms with E-state index in [1.54, 1.807) is 13.3 Å². The number of aromatic nitrogens is 2. The molecule has 2 fully saturated rings. The van der Waals surface area contributed by atoms with Crippen LogP contribution in [-0.2, 0) is 15.1 Å². The van der Waals surface area contributed by atoms with Crippen LogP contribution in [0.2, 0.25) is 0 Å². The summed E-state index contributed by atoms with van der Waals surface area (Å²) in [6, 6.07) is 1.89. The van der Waals surface area contributed by atoms with Crippen LogP contribution < -0.4 is 5.32 Å². The quantitative estimate of drug-likeness (QED) is 0.889. The molecule has 118 valence electrons. The van der Waals surface area contributed by atoms with Gasteiger partial charge in [0.1, 0.15) is 5.54 Å². The molecule has 7 heteroatoms. The van der Waals surface area contributed by atoms with Crippen molar-refractivity contribution in [2.24, 2.45) is 0 Å². The van der Waals surface area contributed by atoms with Gasteiger partial charge in [0.25, 0.3) is 5.91 Å². The Bertz CT molecular complexity index is 460. The Hall–Kier alpha value is -1.11. The molecule has 2 saturated heterocycles. The lowest BCUT2D eigenvalue weighted by molar-refractivity contribution is -0.142. The van der Waals surface area contributed by atoms with Crippen molar-refractivity contribution in [2.75, 3.05) is 33.3 Å². The maximum Gasteiger partial charge on any atom is 0.250 e. The lowest BCUT2D eigenvalue weighted by atomic mass is 9.87. The average molecular weight is 315 g/mol. The van der Waals surface area contributed by atoms with Crippen molar-refractivity contribution in [3.8, 4) is 0 Å². The monoisotopic (exact) mass is 314 g/mol. The Kier molecular flexibility index (Phi) is 5.24. The number of carbonyl (C=O) groups is 1. The maximum atomic E-state index is 13.1. The molecule has 0 unspecified atom stereocenters. The molecule has 3 rings (SSSR count). The number of likely N-dealkylation sites (tertiary alicyclic amines) is 1. The summed E-state index contributed by atoms with van der Waals surface area (Å²) in [4.78, 5) is 15.0. The van der Waals surface area contributed by atoms with E-state index in [1.165, 1.54) is 0 Å². The van der Waals surface area contributed by atoms with E-state index in [2.05, 4.69) is 10.4 Å². The summed E-state index contributed by atoms with van der Waals surface area (Å²) in [5.74, 6) is 0.197. The first-order valence-corrected chi connectivity index (χ1v) is 7.29. The molecule has 21 heavy (non-hydrogen) atoms. The third-order valence-electron chi connectivity index (χ3n) is 4.54. The Morgan fingerprint density at radius 3 is 2.76 bits per heavy atom. The predicted octanol–water partition coefficient (Wildman–Crippen LogP) is 0.631. The first-order chi connectivity index (χ1) is 9.76. The molecule has 0 saturated carbocycles. The van der Waals surface area contributed by atoms with Gasteiger partial charge in [0.05, 0.1) is 6.10 Å². The highest BCUT2D eigenvalue weighted by Crippen LogP contribution is 2.31. The van der Waals surface area contributed by atoms with Crippen LogP contribution in [0.3, 0.4) is 0 Å². The molecule has 1 aromatic heterocycles. The second-order valence-electron chi connectivity index (χ2n) is 5.63. The van der Waals surface area contributed by atoms with E-state index in [-0.39, 0.29) is 24.4 Å². The fraction of sp³-hybridized carbons (Fsp3) is 0.714. The fourth-order valence-electron chi connectivity index (χ4n) is 3.30. The SMILES string of the molecule is CO[C@H]1CCN(C(=O)C2(n3cccn3)CCNCC2)C1.Cl. The molecule has 1 aromatic rings. The van der Waals surface area contributed by atoms with E-state index in [9.17, 15) is 4.79 Å². The number of hydrogen-bond donors (Lipinski definition) is 1. The van der Waals surface area contributed by atoms with Crippen molar-refractivity contribution >= 4 is 18.3 Å². The summed E-state index contributed by atoms with van der Waals surface area (Å²) in [5, 5.41) is 7.68. The van der Waals surface area contributed by atoms with E-state index in [4.69, 9.17) is 4.74 Å². The molecule has 1 amide bonds. The van der Waals surface area contributed by atoms with Gasteiger partial charge >= 0.3 is 0 Å². The van der Waals surface area contributed by atoms with Crippen LogP contribution in [0.15, 0.2) is 18.5 Å². The van der Waals surface area contributed by atoms with Crippen LogP contribution in [0.1, 0.15) is 19.3 Å². The number of rotatable bonds is 3. The first kappa shape index (κ1) is 16.3. The van der Waals surface area contributed by atoms with E-state index >= 15 is 0 Å². The topological polar surface area (TPSA) is 59.4 Å². The second-order valence-corrected chi connectivity index (χ2v) is 5.63. The highest BCUT2D eigenvalue weighted by atomic mass is 35.5. The largest absolute Gasteiger partial charge is 0.380 e. The van der Waals surface area contributed by atoms with E-state index in [0.29, 0.717) is 6.54 Å². The standard InChI is InChI=1S/C14H22N4O2.ClH/c1-20-12-3-10-17(11-12)13(19)14(4-7-15-8-5-14)18-9-2-6-16-18;/h2,6,9,12,15H,3-5,7-8,10-11H2,1H3;1H/t12-;/m0./s1. The zero-order valence-electron chi connectivity index (χ0n) is 12.3. The van der Waals surface area contributed by atoms with Crippen LogP contribution >= 0.6 is 12.4 Å². The molecule has 0 spiro atoms. The van der Waals surface area contributed by atoms with Crippen molar-refractivity contribution in [2.45, 2.75) is 30.9 Å². The summed E-state index contributed by atoms with van der Waals surface area (Å²) in [5.41, 5.74) is -0.516. The number of hydrogen-bond acceptors (Lipinski definition) is 4. The zero-order valence-corrected chi connectivity index (χ0v) is 13.1. The van der Waals surface area contributed by atoms with Crippen LogP contribution in [-0.4, -0.2) is 60.0 Å². The minimum atomic E-state index is -0.516. The normalized spacial score (nSPS) is 24.6. The van der Waals surface area contributed by atoms with Crippen molar-refractivity contribution in [3.63, 3.8) is 0 Å². The van der Waals surface area contributed by atoms with Gasteiger partial charge in [-0.3, -0.25) is 9.48 Å². The maximum absolute atomic E-state index is 13.1. The van der Waals surface area contributed by atoms with Crippen LogP contribution in [0.5, 0.6) is 0 Å². The zero-order chi connectivity index (χ0) is 14.0. The Labute approximate surface area is 131 Å². The highest BCUT2D eigenvalue weighted by Gasteiger charge is 2.45. The second kappa shape index (κ2) is 6.77. The lowest BCUT2D eigenvalue weighted by Gasteiger charge is -2.39. The minimum absolute atomic E-state index is 0. The summed E-state index contributed by atoms with van der Waals surface area (Å²) in [6.45, 7) is 3.19. The van der Waals surface area contributed by atoms with Gasteiger partial charge in [-0.15, -0.1) is 12.4 Å². The van der Waals surface area contributed by atoms with Gasteiger partial charge in [-0.1, -0.05) is 0 Å². The summed E-state index contributed by atoms with van der Waals surface area (Å²) < 4.78 is 7.23. The molecule has 2 aliphatic heterocycles. The average Bonchev–Trinajstić information content (AvgIpc) is 3.18. The van der Waals surface area contributed by atoms with Crippen LogP contribution in [0.4, 0.5) is 0 Å². The van der Waals surface area contributed by atoms with E-state index in [1.807, 2.05) is 21.8 Å². The highest BCUT2D eigenvalue weighted by molar-refractivity contribution is 5.85. The fourth-order valence-corrected chi connectivity index (χ4v) is 3.30. The van der Waals surface area contributed by atoms with Crippen molar-refractivity contribution in [1.29, 1.82) is 0 Å². The smallest absolute Gasteiger partial charge is 0.250 e. The number of nitrogens with one attached hydrogen (secondary N) is 1. The summed E-state index contributed by atoms with van der Waals surface area (Å²) in [6.07, 6.45) is 6.35. The van der Waals surface area contributed by atoms with E-state index in [0.717, 1.165) is 38.9 Å². The van der Waals surface area contributed by atoms with E-state index < -0.39 is 5.54 Å². The summed E-state index contributed by atoms with van der Waals surface area (Å²) >= 11 is 0. The Morgan fingerprint density at radius 2 is 2.19 bits per heavy atom. The molecule has 2 aliphatic rings. The van der Waals surface area contributed by atoms with Gasteiger partial charge in [-0.05, 0) is 38.4 Å². The molecule has 3 heterocycles. The Morgan fingerprint density at radius 1 is 1.43 bits per heavy atom. The Balaban J connectivity index is 0.00000161. The summed E-state index contributed by atoms with van der Waals surface area (Å²) in [7, 11) is 1.71. The van der Waals surface area contributed by atoms with Gasteiger partial charge < -0.3 is 15.0 Å². The number of nitrogens with zero attached hydrogens (tertiary/aromatic N) is 3. The van der Waals surface area contributed by atoms with Gasteiger partial charge in [-0.2, -0.15) is 5.10 Å². The number of methoxy groups -OCH3 is 1. The molecule has 0 aliphatic carbocycles. The number of ether oxygens (including phenoxy) is 1. The van der Waals surface area contributed by atoms with Crippen LogP contribution in [0.25, 0.3) is 0 Å². The third-order valence-corrected chi connectivity index (χ3v) is 4.54. The predicted molar refractivity (Wildman–Crippen MR) is 81.5 cm³/mol. The number of halogens is 1. The van der Waals surface area contributed by atoms with Gasteiger partial charge in [0.15, 0.2) is 0 Å². The van der Waals surface area contributed by atoms with Gasteiger partial charge in [0.2, 0.25) is 0 Å². The molecular formula is C14H23ClN4O2. The minimum Gasteiger partial charge on any atom is -0.380 e. The molecule has 6 nitrogen and oxygen atoms in total. The number of carbonyl (C=O) groups excluding carboxylic acids is 1. The molecular weight excluding hydrogens is 292 g/mol.